The van der Waals surface area contributed by atoms with Crippen LogP contribution < -0.4 is 5.32 Å². The maximum atomic E-state index is 13.6. The predicted octanol–water partition coefficient (Wildman–Crippen LogP) is 2.20. The predicted molar refractivity (Wildman–Crippen MR) is 65.3 cm³/mol. The fourth-order valence-corrected chi connectivity index (χ4v) is 1.67. The van der Waals surface area contributed by atoms with Gasteiger partial charge in [0.15, 0.2) is 0 Å². The summed E-state index contributed by atoms with van der Waals surface area (Å²) in [6, 6.07) is 4.06. The minimum absolute atomic E-state index is 0.0739. The van der Waals surface area contributed by atoms with Crippen LogP contribution in [0.4, 0.5) is 4.39 Å². The highest BCUT2D eigenvalue weighted by atomic mass is 19.1. The summed E-state index contributed by atoms with van der Waals surface area (Å²) in [5.74, 6) is -0.387. The summed E-state index contributed by atoms with van der Waals surface area (Å²) < 4.78 is 13.6. The van der Waals surface area contributed by atoms with Crippen LogP contribution in [0, 0.1) is 11.7 Å². The van der Waals surface area contributed by atoms with Gasteiger partial charge in [-0.3, -0.25) is 0 Å². The molecule has 0 heterocycles. The Bertz CT molecular complexity index is 370. The number of aliphatic hydroxyl groups is 1. The zero-order chi connectivity index (χ0) is 13.0. The van der Waals surface area contributed by atoms with E-state index in [-0.39, 0.29) is 30.4 Å². The zero-order valence-corrected chi connectivity index (χ0v) is 10.4. The molecule has 0 aliphatic heterocycles. The van der Waals surface area contributed by atoms with Crippen molar-refractivity contribution in [1.29, 1.82) is 0 Å². The third kappa shape index (κ3) is 3.68. The second-order valence-electron chi connectivity index (χ2n) is 4.54. The van der Waals surface area contributed by atoms with Crippen LogP contribution >= 0.6 is 0 Å². The first-order chi connectivity index (χ1) is 7.95. The first-order valence-corrected chi connectivity index (χ1v) is 5.81. The summed E-state index contributed by atoms with van der Waals surface area (Å²) in [4.78, 5) is 0. The van der Waals surface area contributed by atoms with E-state index in [0.29, 0.717) is 5.56 Å². The monoisotopic (exact) mass is 241 g/mol. The SMILES string of the molecule is CC(NC(C)C(C)CO)c1ccc(O)cc1F. The Labute approximate surface area is 101 Å². The molecule has 0 aliphatic carbocycles. The molecular weight excluding hydrogens is 221 g/mol. The highest BCUT2D eigenvalue weighted by Gasteiger charge is 2.17. The highest BCUT2D eigenvalue weighted by Crippen LogP contribution is 2.22. The quantitative estimate of drug-likeness (QED) is 0.740. The Kier molecular flexibility index (Phi) is 4.90. The van der Waals surface area contributed by atoms with E-state index in [0.717, 1.165) is 6.07 Å². The lowest BCUT2D eigenvalue weighted by Gasteiger charge is -2.24. The number of hydrogen-bond donors (Lipinski definition) is 3. The summed E-state index contributed by atoms with van der Waals surface area (Å²) in [6.07, 6.45) is 0. The first-order valence-electron chi connectivity index (χ1n) is 5.81. The Morgan fingerprint density at radius 3 is 2.47 bits per heavy atom. The van der Waals surface area contributed by atoms with Crippen LogP contribution in [0.3, 0.4) is 0 Å². The molecule has 0 spiro atoms. The third-order valence-electron chi connectivity index (χ3n) is 3.10. The third-order valence-corrected chi connectivity index (χ3v) is 3.10. The Balaban J connectivity index is 2.72. The molecule has 17 heavy (non-hydrogen) atoms. The van der Waals surface area contributed by atoms with Crippen molar-refractivity contribution < 1.29 is 14.6 Å². The van der Waals surface area contributed by atoms with Gasteiger partial charge >= 0.3 is 0 Å². The summed E-state index contributed by atoms with van der Waals surface area (Å²) in [6.45, 7) is 5.84. The van der Waals surface area contributed by atoms with E-state index >= 15 is 0 Å². The maximum absolute atomic E-state index is 13.6. The topological polar surface area (TPSA) is 52.5 Å². The molecule has 0 amide bonds. The summed E-state index contributed by atoms with van der Waals surface area (Å²) in [5, 5.41) is 21.4. The molecule has 0 fully saturated rings. The molecule has 0 aliphatic rings. The van der Waals surface area contributed by atoms with Crippen LogP contribution in [0.1, 0.15) is 32.4 Å². The van der Waals surface area contributed by atoms with E-state index in [1.807, 2.05) is 20.8 Å². The number of aliphatic hydroxyl groups excluding tert-OH is 1. The van der Waals surface area contributed by atoms with Gasteiger partial charge in [-0.05, 0) is 25.8 Å². The molecule has 4 heteroatoms. The normalized spacial score (nSPS) is 16.5. The van der Waals surface area contributed by atoms with Crippen molar-refractivity contribution in [2.75, 3.05) is 6.61 Å². The van der Waals surface area contributed by atoms with Crippen LogP contribution in [0.25, 0.3) is 0 Å². The molecule has 96 valence electrons. The van der Waals surface area contributed by atoms with Crippen molar-refractivity contribution in [3.05, 3.63) is 29.6 Å². The minimum Gasteiger partial charge on any atom is -0.508 e. The fourth-order valence-electron chi connectivity index (χ4n) is 1.67. The molecule has 0 saturated heterocycles. The van der Waals surface area contributed by atoms with Crippen molar-refractivity contribution in [2.24, 2.45) is 5.92 Å². The molecule has 0 saturated carbocycles. The standard InChI is InChI=1S/C13H20FNO2/c1-8(7-16)9(2)15-10(3)12-5-4-11(17)6-13(12)14/h4-6,8-10,15-17H,7H2,1-3H3. The number of halogens is 1. The van der Waals surface area contributed by atoms with Crippen LogP contribution in [0.2, 0.25) is 0 Å². The summed E-state index contributed by atoms with van der Waals surface area (Å²) in [7, 11) is 0. The molecular formula is C13H20FNO2. The van der Waals surface area contributed by atoms with E-state index in [1.165, 1.54) is 6.07 Å². The van der Waals surface area contributed by atoms with E-state index in [1.54, 1.807) is 6.07 Å². The number of rotatable bonds is 5. The molecule has 3 unspecified atom stereocenters. The molecule has 0 aromatic heterocycles. The van der Waals surface area contributed by atoms with Gasteiger partial charge in [0.2, 0.25) is 0 Å². The molecule has 1 rings (SSSR count). The van der Waals surface area contributed by atoms with Gasteiger partial charge in [0.1, 0.15) is 11.6 Å². The lowest BCUT2D eigenvalue weighted by atomic mass is 10.0. The van der Waals surface area contributed by atoms with E-state index in [4.69, 9.17) is 10.2 Å². The molecule has 0 bridgehead atoms. The summed E-state index contributed by atoms with van der Waals surface area (Å²) in [5.41, 5.74) is 0.514. The maximum Gasteiger partial charge on any atom is 0.131 e. The second kappa shape index (κ2) is 5.98. The van der Waals surface area contributed by atoms with Crippen molar-refractivity contribution in [2.45, 2.75) is 32.9 Å². The van der Waals surface area contributed by atoms with Crippen molar-refractivity contribution >= 4 is 0 Å². The van der Waals surface area contributed by atoms with Crippen LogP contribution in [-0.4, -0.2) is 22.9 Å². The van der Waals surface area contributed by atoms with Crippen LogP contribution in [-0.2, 0) is 0 Å². The van der Waals surface area contributed by atoms with E-state index < -0.39 is 5.82 Å². The molecule has 0 radical (unpaired) electrons. The van der Waals surface area contributed by atoms with Gasteiger partial charge in [0, 0.05) is 30.3 Å². The van der Waals surface area contributed by atoms with Crippen molar-refractivity contribution in [1.82, 2.24) is 5.32 Å². The number of aromatic hydroxyl groups is 1. The molecule has 3 nitrogen and oxygen atoms in total. The van der Waals surface area contributed by atoms with Crippen LogP contribution in [0.15, 0.2) is 18.2 Å². The van der Waals surface area contributed by atoms with Gasteiger partial charge < -0.3 is 15.5 Å². The Morgan fingerprint density at radius 1 is 1.29 bits per heavy atom. The van der Waals surface area contributed by atoms with Crippen molar-refractivity contribution in [3.8, 4) is 5.75 Å². The molecule has 1 aromatic rings. The Morgan fingerprint density at radius 2 is 1.94 bits per heavy atom. The average Bonchev–Trinajstić information content (AvgIpc) is 2.27. The lowest BCUT2D eigenvalue weighted by Crippen LogP contribution is -2.35. The number of benzene rings is 1. The molecule has 3 N–H and O–H groups in total. The highest BCUT2D eigenvalue weighted by molar-refractivity contribution is 5.29. The number of phenols is 1. The van der Waals surface area contributed by atoms with Gasteiger partial charge in [0.05, 0.1) is 0 Å². The summed E-state index contributed by atoms with van der Waals surface area (Å²) >= 11 is 0. The van der Waals surface area contributed by atoms with Crippen molar-refractivity contribution in [3.63, 3.8) is 0 Å². The van der Waals surface area contributed by atoms with Gasteiger partial charge in [-0.25, -0.2) is 4.39 Å². The second-order valence-corrected chi connectivity index (χ2v) is 4.54. The minimum atomic E-state index is -0.422. The van der Waals surface area contributed by atoms with E-state index in [9.17, 15) is 4.39 Å². The number of nitrogens with one attached hydrogen (secondary N) is 1. The largest absolute Gasteiger partial charge is 0.508 e. The molecule has 3 atom stereocenters. The van der Waals surface area contributed by atoms with Gasteiger partial charge in [-0.2, -0.15) is 0 Å². The molecule has 1 aromatic carbocycles. The average molecular weight is 241 g/mol. The van der Waals surface area contributed by atoms with Crippen LogP contribution in [0.5, 0.6) is 5.75 Å². The number of phenolic OH excluding ortho intramolecular Hbond substituents is 1. The zero-order valence-electron chi connectivity index (χ0n) is 10.4. The van der Waals surface area contributed by atoms with Gasteiger partial charge in [-0.15, -0.1) is 0 Å². The van der Waals surface area contributed by atoms with Gasteiger partial charge in [-0.1, -0.05) is 13.0 Å². The lowest BCUT2D eigenvalue weighted by molar-refractivity contribution is 0.202. The van der Waals surface area contributed by atoms with Gasteiger partial charge in [0.25, 0.3) is 0 Å². The Hall–Kier alpha value is -1.13. The smallest absolute Gasteiger partial charge is 0.131 e. The van der Waals surface area contributed by atoms with E-state index in [2.05, 4.69) is 5.32 Å². The fraction of sp³-hybridized carbons (Fsp3) is 0.538. The first kappa shape index (κ1) is 13.9. The number of hydrogen-bond acceptors (Lipinski definition) is 3.